The topological polar surface area (TPSA) is 25.8 Å². The summed E-state index contributed by atoms with van der Waals surface area (Å²) in [5, 5.41) is 2.68. The monoisotopic (exact) mass is 312 g/mol. The van der Waals surface area contributed by atoms with Gasteiger partial charge in [-0.25, -0.2) is 0 Å². The fourth-order valence-corrected chi connectivity index (χ4v) is 4.84. The van der Waals surface area contributed by atoms with Gasteiger partial charge in [-0.15, -0.1) is 0 Å². The standard InChI is InChI=1S/C17H20N2.2C2H6/c1-3-14-5-4-11(2)17(14)6-12-7-18-8-13-9-19-10-15(17)16(12)13;2*1-2/h7-11,14H,3-6H2,1-2H3;2*1-2H3. The summed E-state index contributed by atoms with van der Waals surface area (Å²) in [6.45, 7) is 12.8. The summed E-state index contributed by atoms with van der Waals surface area (Å²) in [4.78, 5) is 8.91. The zero-order chi connectivity index (χ0) is 17.0. The third kappa shape index (κ3) is 2.56. The molecular weight excluding hydrogens is 280 g/mol. The molecule has 2 heterocycles. The highest BCUT2D eigenvalue weighted by atomic mass is 14.7. The first-order valence-corrected chi connectivity index (χ1v) is 9.48. The van der Waals surface area contributed by atoms with Crippen LogP contribution in [0.3, 0.4) is 0 Å². The zero-order valence-electron chi connectivity index (χ0n) is 15.7. The van der Waals surface area contributed by atoms with Crippen molar-refractivity contribution in [1.29, 1.82) is 0 Å². The van der Waals surface area contributed by atoms with E-state index >= 15 is 0 Å². The molecule has 2 aromatic heterocycles. The maximum atomic E-state index is 4.50. The molecule has 4 rings (SSSR count). The van der Waals surface area contributed by atoms with Gasteiger partial charge >= 0.3 is 0 Å². The summed E-state index contributed by atoms with van der Waals surface area (Å²) in [7, 11) is 0. The van der Waals surface area contributed by atoms with Crippen LogP contribution in [0.5, 0.6) is 0 Å². The van der Waals surface area contributed by atoms with Crippen LogP contribution in [0.1, 0.15) is 71.9 Å². The first-order valence-electron chi connectivity index (χ1n) is 9.48. The van der Waals surface area contributed by atoms with Crippen LogP contribution in [0.4, 0.5) is 0 Å². The Hall–Kier alpha value is -1.44. The molecule has 1 fully saturated rings. The van der Waals surface area contributed by atoms with E-state index in [9.17, 15) is 0 Å². The molecule has 0 radical (unpaired) electrons. The molecule has 0 N–H and O–H groups in total. The van der Waals surface area contributed by atoms with Crippen LogP contribution in [-0.4, -0.2) is 9.97 Å². The Morgan fingerprint density at radius 3 is 2.30 bits per heavy atom. The largest absolute Gasteiger partial charge is 0.264 e. The van der Waals surface area contributed by atoms with Gasteiger partial charge < -0.3 is 0 Å². The smallest absolute Gasteiger partial charge is 0.0362 e. The summed E-state index contributed by atoms with van der Waals surface area (Å²) in [6.07, 6.45) is 13.3. The lowest BCUT2D eigenvalue weighted by Crippen LogP contribution is -2.35. The van der Waals surface area contributed by atoms with Gasteiger partial charge in [0.1, 0.15) is 0 Å². The van der Waals surface area contributed by atoms with E-state index in [0.717, 1.165) is 11.8 Å². The van der Waals surface area contributed by atoms with Crippen LogP contribution in [0.15, 0.2) is 24.8 Å². The molecule has 0 bridgehead atoms. The number of hydrogen-bond donors (Lipinski definition) is 0. The van der Waals surface area contributed by atoms with E-state index in [1.165, 1.54) is 47.6 Å². The molecule has 0 aromatic carbocycles. The highest BCUT2D eigenvalue weighted by molar-refractivity contribution is 5.90. The van der Waals surface area contributed by atoms with Crippen LogP contribution < -0.4 is 0 Å². The Kier molecular flexibility index (Phi) is 5.78. The van der Waals surface area contributed by atoms with Crippen LogP contribution >= 0.6 is 0 Å². The zero-order valence-corrected chi connectivity index (χ0v) is 15.7. The number of pyridine rings is 2. The van der Waals surface area contributed by atoms with Crippen molar-refractivity contribution in [2.45, 2.75) is 72.6 Å². The quantitative estimate of drug-likeness (QED) is 0.652. The highest BCUT2D eigenvalue weighted by Gasteiger charge is 2.52. The lowest BCUT2D eigenvalue weighted by atomic mass is 9.67. The second-order valence-electron chi connectivity index (χ2n) is 6.38. The van der Waals surface area contributed by atoms with Gasteiger partial charge in [-0.05, 0) is 47.6 Å². The molecule has 3 atom stereocenters. The average molecular weight is 313 g/mol. The van der Waals surface area contributed by atoms with Gasteiger partial charge in [-0.3, -0.25) is 9.97 Å². The van der Waals surface area contributed by atoms with Gasteiger partial charge in [0.05, 0.1) is 0 Å². The number of rotatable bonds is 1. The lowest BCUT2D eigenvalue weighted by Gasteiger charge is -2.36. The minimum Gasteiger partial charge on any atom is -0.264 e. The van der Waals surface area contributed by atoms with Gasteiger partial charge in [-0.2, -0.15) is 0 Å². The molecular formula is C21H32N2. The summed E-state index contributed by atoms with van der Waals surface area (Å²) in [5.74, 6) is 1.57. The number of aromatic nitrogens is 2. The summed E-state index contributed by atoms with van der Waals surface area (Å²) >= 11 is 0. The van der Waals surface area contributed by atoms with Crippen LogP contribution in [0, 0.1) is 11.8 Å². The lowest BCUT2D eigenvalue weighted by molar-refractivity contribution is 0.254. The Balaban J connectivity index is 0.000000448. The van der Waals surface area contributed by atoms with E-state index in [0.29, 0.717) is 5.41 Å². The normalized spacial score (nSPS) is 27.4. The van der Waals surface area contributed by atoms with Gasteiger partial charge in [0.25, 0.3) is 0 Å². The van der Waals surface area contributed by atoms with Crippen molar-refractivity contribution in [2.75, 3.05) is 0 Å². The van der Waals surface area contributed by atoms with Crippen molar-refractivity contribution in [2.24, 2.45) is 11.8 Å². The molecule has 2 aromatic rings. The molecule has 0 amide bonds. The summed E-state index contributed by atoms with van der Waals surface area (Å²) < 4.78 is 0. The maximum Gasteiger partial charge on any atom is 0.0362 e. The number of hydrogen-bond acceptors (Lipinski definition) is 2. The van der Waals surface area contributed by atoms with Crippen molar-refractivity contribution < 1.29 is 0 Å². The molecule has 126 valence electrons. The van der Waals surface area contributed by atoms with Crippen molar-refractivity contribution in [3.8, 4) is 0 Å². The third-order valence-electron chi connectivity index (χ3n) is 5.77. The SMILES string of the molecule is CC.CC.CCC1CCC(C)C12Cc1cncc3cncc2c13. The Morgan fingerprint density at radius 1 is 1.00 bits per heavy atom. The minimum atomic E-state index is 0.340. The van der Waals surface area contributed by atoms with Gasteiger partial charge in [0.15, 0.2) is 0 Å². The molecule has 0 saturated heterocycles. The Bertz CT molecular complexity index is 644. The fraction of sp³-hybridized carbons (Fsp3) is 0.619. The molecule has 23 heavy (non-hydrogen) atoms. The van der Waals surface area contributed by atoms with Crippen molar-refractivity contribution in [3.63, 3.8) is 0 Å². The van der Waals surface area contributed by atoms with E-state index < -0.39 is 0 Å². The van der Waals surface area contributed by atoms with E-state index in [1.807, 2.05) is 40.1 Å². The molecule has 2 aliphatic carbocycles. The average Bonchev–Trinajstić information content (AvgIpc) is 3.13. The Labute approximate surface area is 141 Å². The van der Waals surface area contributed by atoms with E-state index in [1.54, 1.807) is 0 Å². The van der Waals surface area contributed by atoms with Gasteiger partial charge in [-0.1, -0.05) is 48.0 Å². The van der Waals surface area contributed by atoms with E-state index in [-0.39, 0.29) is 0 Å². The molecule has 1 saturated carbocycles. The molecule has 2 heteroatoms. The highest BCUT2D eigenvalue weighted by Crippen LogP contribution is 2.57. The summed E-state index contributed by atoms with van der Waals surface area (Å²) in [6, 6.07) is 0. The van der Waals surface area contributed by atoms with Crippen molar-refractivity contribution in [1.82, 2.24) is 9.97 Å². The molecule has 1 spiro atoms. The molecule has 3 unspecified atom stereocenters. The van der Waals surface area contributed by atoms with E-state index in [2.05, 4.69) is 36.2 Å². The Morgan fingerprint density at radius 2 is 1.65 bits per heavy atom. The fourth-order valence-electron chi connectivity index (χ4n) is 4.84. The number of nitrogens with zero attached hydrogens (tertiary/aromatic N) is 2. The minimum absolute atomic E-state index is 0.340. The first-order chi connectivity index (χ1) is 11.3. The van der Waals surface area contributed by atoms with Crippen molar-refractivity contribution >= 4 is 10.8 Å². The van der Waals surface area contributed by atoms with Crippen LogP contribution in [0.2, 0.25) is 0 Å². The van der Waals surface area contributed by atoms with Gasteiger partial charge in [0.2, 0.25) is 0 Å². The summed E-state index contributed by atoms with van der Waals surface area (Å²) in [5.41, 5.74) is 3.30. The van der Waals surface area contributed by atoms with Crippen molar-refractivity contribution in [3.05, 3.63) is 35.9 Å². The second-order valence-corrected chi connectivity index (χ2v) is 6.38. The molecule has 0 aliphatic heterocycles. The number of fused-ring (bicyclic) bond motifs is 1. The predicted molar refractivity (Wildman–Crippen MR) is 99.8 cm³/mol. The van der Waals surface area contributed by atoms with Crippen LogP contribution in [0.25, 0.3) is 10.8 Å². The molecule has 2 aliphatic rings. The van der Waals surface area contributed by atoms with Gasteiger partial charge in [0, 0.05) is 35.6 Å². The second kappa shape index (κ2) is 7.42. The van der Waals surface area contributed by atoms with Crippen LogP contribution in [-0.2, 0) is 11.8 Å². The molecule has 2 nitrogen and oxygen atoms in total. The maximum absolute atomic E-state index is 4.50. The third-order valence-corrected chi connectivity index (χ3v) is 5.77. The first kappa shape index (κ1) is 17.9. The predicted octanol–water partition coefficient (Wildman–Crippen LogP) is 5.93. The van der Waals surface area contributed by atoms with E-state index in [4.69, 9.17) is 0 Å².